The van der Waals surface area contributed by atoms with E-state index in [1.165, 1.54) is 6.33 Å². The maximum Gasteiger partial charge on any atom is 0.132 e. The van der Waals surface area contributed by atoms with Crippen LogP contribution in [0.15, 0.2) is 12.4 Å². The SMILES string of the molecule is CN(C)CCNc1cc(NC(C)(C)C#N)ncn1. The van der Waals surface area contributed by atoms with Gasteiger partial charge in [-0.3, -0.25) is 0 Å². The Bertz CT molecular complexity index is 421. The summed E-state index contributed by atoms with van der Waals surface area (Å²) in [7, 11) is 4.04. The zero-order valence-electron chi connectivity index (χ0n) is 11.4. The van der Waals surface area contributed by atoms with Gasteiger partial charge in [0.05, 0.1) is 6.07 Å². The van der Waals surface area contributed by atoms with Gasteiger partial charge in [-0.1, -0.05) is 0 Å². The van der Waals surface area contributed by atoms with E-state index in [2.05, 4.69) is 31.6 Å². The van der Waals surface area contributed by atoms with Gasteiger partial charge in [0, 0.05) is 19.2 Å². The minimum Gasteiger partial charge on any atom is -0.369 e. The molecule has 1 aromatic rings. The number of hydrogen-bond acceptors (Lipinski definition) is 6. The summed E-state index contributed by atoms with van der Waals surface area (Å²) in [4.78, 5) is 10.3. The number of nitriles is 1. The zero-order chi connectivity index (χ0) is 13.6. The van der Waals surface area contributed by atoms with Gasteiger partial charge in [-0.15, -0.1) is 0 Å². The average molecular weight is 248 g/mol. The van der Waals surface area contributed by atoms with Gasteiger partial charge < -0.3 is 15.5 Å². The minimum atomic E-state index is -0.644. The van der Waals surface area contributed by atoms with Crippen molar-refractivity contribution in [1.29, 1.82) is 5.26 Å². The van der Waals surface area contributed by atoms with Crippen LogP contribution in [0.2, 0.25) is 0 Å². The van der Waals surface area contributed by atoms with Crippen molar-refractivity contribution in [2.75, 3.05) is 37.8 Å². The van der Waals surface area contributed by atoms with Crippen LogP contribution in [0, 0.1) is 11.3 Å². The van der Waals surface area contributed by atoms with Gasteiger partial charge in [0.25, 0.3) is 0 Å². The van der Waals surface area contributed by atoms with Gasteiger partial charge in [-0.25, -0.2) is 9.97 Å². The highest BCUT2D eigenvalue weighted by atomic mass is 15.1. The van der Waals surface area contributed by atoms with Crippen LogP contribution in [0.4, 0.5) is 11.6 Å². The van der Waals surface area contributed by atoms with E-state index < -0.39 is 5.54 Å². The molecule has 0 aliphatic heterocycles. The standard InChI is InChI=1S/C12H20N6/c1-12(2,8-13)17-11-7-10(15-9-16-11)14-5-6-18(3)4/h7,9H,5-6H2,1-4H3,(H2,14,15,16,17). The highest BCUT2D eigenvalue weighted by molar-refractivity contribution is 5.48. The van der Waals surface area contributed by atoms with Crippen molar-refractivity contribution in [2.24, 2.45) is 0 Å². The lowest BCUT2D eigenvalue weighted by atomic mass is 10.1. The van der Waals surface area contributed by atoms with Crippen molar-refractivity contribution in [2.45, 2.75) is 19.4 Å². The Kier molecular flexibility index (Phi) is 4.86. The molecule has 0 bridgehead atoms. The van der Waals surface area contributed by atoms with Crippen LogP contribution in [0.25, 0.3) is 0 Å². The topological polar surface area (TPSA) is 76.9 Å². The molecule has 0 radical (unpaired) electrons. The molecular formula is C12H20N6. The second kappa shape index (κ2) is 6.17. The molecule has 6 nitrogen and oxygen atoms in total. The van der Waals surface area contributed by atoms with E-state index in [9.17, 15) is 0 Å². The van der Waals surface area contributed by atoms with E-state index >= 15 is 0 Å². The summed E-state index contributed by atoms with van der Waals surface area (Å²) in [6, 6.07) is 3.97. The molecule has 0 atom stereocenters. The van der Waals surface area contributed by atoms with Gasteiger partial charge in [0.1, 0.15) is 23.5 Å². The van der Waals surface area contributed by atoms with E-state index in [0.29, 0.717) is 5.82 Å². The summed E-state index contributed by atoms with van der Waals surface area (Å²) in [6.07, 6.45) is 1.48. The van der Waals surface area contributed by atoms with Gasteiger partial charge in [0.15, 0.2) is 0 Å². The molecule has 1 heterocycles. The van der Waals surface area contributed by atoms with Crippen LogP contribution in [0.5, 0.6) is 0 Å². The first-order chi connectivity index (χ1) is 8.43. The van der Waals surface area contributed by atoms with Gasteiger partial charge in [-0.2, -0.15) is 5.26 Å². The van der Waals surface area contributed by atoms with Crippen molar-refractivity contribution in [3.05, 3.63) is 12.4 Å². The van der Waals surface area contributed by atoms with E-state index in [-0.39, 0.29) is 0 Å². The first-order valence-corrected chi connectivity index (χ1v) is 5.83. The minimum absolute atomic E-state index is 0.643. The van der Waals surface area contributed by atoms with Crippen molar-refractivity contribution >= 4 is 11.6 Å². The Labute approximate surface area is 108 Å². The second-order valence-corrected chi connectivity index (χ2v) is 4.88. The zero-order valence-corrected chi connectivity index (χ0v) is 11.4. The summed E-state index contributed by atoms with van der Waals surface area (Å²) in [5.41, 5.74) is -0.644. The number of rotatable bonds is 6. The summed E-state index contributed by atoms with van der Waals surface area (Å²) >= 11 is 0. The molecule has 1 rings (SSSR count). The van der Waals surface area contributed by atoms with Gasteiger partial charge in [-0.05, 0) is 27.9 Å². The summed E-state index contributed by atoms with van der Waals surface area (Å²) in [5, 5.41) is 15.2. The van der Waals surface area contributed by atoms with Crippen molar-refractivity contribution in [3.63, 3.8) is 0 Å². The van der Waals surface area contributed by atoms with Crippen molar-refractivity contribution in [1.82, 2.24) is 14.9 Å². The lowest BCUT2D eigenvalue weighted by molar-refractivity contribution is 0.425. The molecule has 0 aliphatic carbocycles. The highest BCUT2D eigenvalue weighted by Gasteiger charge is 2.16. The van der Waals surface area contributed by atoms with Crippen LogP contribution >= 0.6 is 0 Å². The van der Waals surface area contributed by atoms with Crippen LogP contribution in [-0.4, -0.2) is 47.6 Å². The molecule has 0 saturated carbocycles. The second-order valence-electron chi connectivity index (χ2n) is 4.88. The summed E-state index contributed by atoms with van der Waals surface area (Å²) in [6.45, 7) is 5.34. The van der Waals surface area contributed by atoms with E-state index in [1.54, 1.807) is 19.9 Å². The third kappa shape index (κ3) is 4.97. The Morgan fingerprint density at radius 1 is 1.33 bits per heavy atom. The normalized spacial score (nSPS) is 11.1. The first-order valence-electron chi connectivity index (χ1n) is 5.83. The Hall–Kier alpha value is -1.87. The molecule has 6 heteroatoms. The fraction of sp³-hybridized carbons (Fsp3) is 0.583. The third-order valence-electron chi connectivity index (χ3n) is 2.25. The van der Waals surface area contributed by atoms with Gasteiger partial charge >= 0.3 is 0 Å². The molecule has 0 unspecified atom stereocenters. The average Bonchev–Trinajstić information content (AvgIpc) is 2.28. The first kappa shape index (κ1) is 14.2. The maximum absolute atomic E-state index is 8.95. The predicted octanol–water partition coefficient (Wildman–Crippen LogP) is 1.16. The number of hydrogen-bond donors (Lipinski definition) is 2. The fourth-order valence-electron chi connectivity index (χ4n) is 1.28. The molecule has 98 valence electrons. The van der Waals surface area contributed by atoms with E-state index in [1.807, 2.05) is 14.1 Å². The number of aromatic nitrogens is 2. The number of nitrogens with zero attached hydrogens (tertiary/aromatic N) is 4. The molecule has 0 aliphatic rings. The lowest BCUT2D eigenvalue weighted by Gasteiger charge is -2.18. The highest BCUT2D eigenvalue weighted by Crippen LogP contribution is 2.14. The molecule has 0 spiro atoms. The van der Waals surface area contributed by atoms with Crippen molar-refractivity contribution in [3.8, 4) is 6.07 Å². The molecule has 0 fully saturated rings. The molecule has 0 aromatic carbocycles. The molecule has 0 saturated heterocycles. The Morgan fingerprint density at radius 2 is 2.00 bits per heavy atom. The Morgan fingerprint density at radius 3 is 2.61 bits per heavy atom. The summed E-state index contributed by atoms with van der Waals surface area (Å²) in [5.74, 6) is 1.40. The van der Waals surface area contributed by atoms with Crippen LogP contribution in [-0.2, 0) is 0 Å². The third-order valence-corrected chi connectivity index (χ3v) is 2.25. The number of likely N-dealkylation sites (N-methyl/N-ethyl adjacent to an activating group) is 1. The van der Waals surface area contributed by atoms with Gasteiger partial charge in [0.2, 0.25) is 0 Å². The number of nitrogens with one attached hydrogen (secondary N) is 2. The molecule has 0 amide bonds. The largest absolute Gasteiger partial charge is 0.369 e. The molecular weight excluding hydrogens is 228 g/mol. The van der Waals surface area contributed by atoms with Crippen LogP contribution < -0.4 is 10.6 Å². The molecule has 2 N–H and O–H groups in total. The number of anilines is 2. The monoisotopic (exact) mass is 248 g/mol. The van der Waals surface area contributed by atoms with Crippen LogP contribution in [0.1, 0.15) is 13.8 Å². The molecule has 18 heavy (non-hydrogen) atoms. The maximum atomic E-state index is 8.95. The summed E-state index contributed by atoms with van der Waals surface area (Å²) < 4.78 is 0. The van der Waals surface area contributed by atoms with E-state index in [4.69, 9.17) is 5.26 Å². The smallest absolute Gasteiger partial charge is 0.132 e. The van der Waals surface area contributed by atoms with Crippen LogP contribution in [0.3, 0.4) is 0 Å². The Balaban J connectivity index is 2.60. The fourth-order valence-corrected chi connectivity index (χ4v) is 1.28. The van der Waals surface area contributed by atoms with E-state index in [0.717, 1.165) is 18.9 Å². The van der Waals surface area contributed by atoms with Crippen molar-refractivity contribution < 1.29 is 0 Å². The molecule has 1 aromatic heterocycles. The predicted molar refractivity (Wildman–Crippen MR) is 72.4 cm³/mol. The quantitative estimate of drug-likeness (QED) is 0.787. The lowest BCUT2D eigenvalue weighted by Crippen LogP contribution is -2.29.